The molecule has 0 radical (unpaired) electrons. The van der Waals surface area contributed by atoms with Crippen molar-refractivity contribution in [3.8, 4) is 0 Å². The van der Waals surface area contributed by atoms with Crippen molar-refractivity contribution >= 4 is 45.9 Å². The zero-order chi connectivity index (χ0) is 14.1. The monoisotopic (exact) mass is 465 g/mol. The summed E-state index contributed by atoms with van der Waals surface area (Å²) in [7, 11) is 0. The molecular formula is C15H21BrIN3O. The lowest BCUT2D eigenvalue weighted by molar-refractivity contribution is 0.00528. The number of ether oxygens (including phenoxy) is 1. The van der Waals surface area contributed by atoms with E-state index in [0.717, 1.165) is 26.1 Å². The zero-order valence-corrected chi connectivity index (χ0v) is 16.0. The Hall–Kier alpha value is -0.340. The fourth-order valence-electron chi connectivity index (χ4n) is 2.71. The fraction of sp³-hybridized carbons (Fsp3) is 0.533. The van der Waals surface area contributed by atoms with E-state index in [4.69, 9.17) is 10.5 Å². The lowest BCUT2D eigenvalue weighted by Crippen LogP contribution is -2.48. The average Bonchev–Trinajstić information content (AvgIpc) is 3.18. The highest BCUT2D eigenvalue weighted by atomic mass is 127. The van der Waals surface area contributed by atoms with Gasteiger partial charge in [-0.3, -0.25) is 0 Å². The molecule has 6 heteroatoms. The maximum atomic E-state index is 6.14. The maximum absolute atomic E-state index is 6.14. The van der Waals surface area contributed by atoms with Crippen LogP contribution in [0.15, 0.2) is 33.7 Å². The first kappa shape index (κ1) is 17.0. The standard InChI is InChI=1S/C15H20BrN3O.HI/c1-10-9-19(6-7-20-10)15(17)18-14-8-12(14)11-4-2-3-5-13(11)16;/h2-5,10,12,14H,6-9H2,1H3,(H2,17,18);1H/t10?,12-,14+;/m0./s1. The van der Waals surface area contributed by atoms with E-state index in [9.17, 15) is 0 Å². The first-order chi connectivity index (χ1) is 9.65. The highest BCUT2D eigenvalue weighted by molar-refractivity contribution is 14.0. The van der Waals surface area contributed by atoms with Crippen molar-refractivity contribution in [3.05, 3.63) is 34.3 Å². The van der Waals surface area contributed by atoms with Crippen molar-refractivity contribution < 1.29 is 4.74 Å². The van der Waals surface area contributed by atoms with Crippen molar-refractivity contribution in [1.82, 2.24) is 4.90 Å². The number of morpholine rings is 1. The third kappa shape index (κ3) is 4.10. The van der Waals surface area contributed by atoms with Crippen molar-refractivity contribution in [3.63, 3.8) is 0 Å². The van der Waals surface area contributed by atoms with Gasteiger partial charge in [0.1, 0.15) is 0 Å². The van der Waals surface area contributed by atoms with Gasteiger partial charge >= 0.3 is 0 Å². The van der Waals surface area contributed by atoms with Gasteiger partial charge in [-0.1, -0.05) is 34.1 Å². The van der Waals surface area contributed by atoms with Crippen LogP contribution < -0.4 is 5.73 Å². The Morgan fingerprint density at radius 2 is 2.19 bits per heavy atom. The van der Waals surface area contributed by atoms with Crippen LogP contribution in [0.3, 0.4) is 0 Å². The molecule has 3 rings (SSSR count). The quantitative estimate of drug-likeness (QED) is 0.415. The van der Waals surface area contributed by atoms with Crippen LogP contribution in [0.4, 0.5) is 0 Å². The Balaban J connectivity index is 0.00000161. The minimum Gasteiger partial charge on any atom is -0.375 e. The largest absolute Gasteiger partial charge is 0.375 e. The number of nitrogens with zero attached hydrogens (tertiary/aromatic N) is 2. The van der Waals surface area contributed by atoms with Gasteiger partial charge in [0.2, 0.25) is 0 Å². The number of aliphatic imine (C=N–C) groups is 1. The molecule has 21 heavy (non-hydrogen) atoms. The Morgan fingerprint density at radius 1 is 1.43 bits per heavy atom. The van der Waals surface area contributed by atoms with Crippen LogP contribution in [-0.2, 0) is 4.74 Å². The predicted molar refractivity (Wildman–Crippen MR) is 99.3 cm³/mol. The second kappa shape index (κ2) is 7.28. The summed E-state index contributed by atoms with van der Waals surface area (Å²) < 4.78 is 6.69. The van der Waals surface area contributed by atoms with Crippen LogP contribution in [-0.4, -0.2) is 42.7 Å². The van der Waals surface area contributed by atoms with Gasteiger partial charge in [0, 0.05) is 23.5 Å². The van der Waals surface area contributed by atoms with Gasteiger partial charge in [-0.2, -0.15) is 0 Å². The van der Waals surface area contributed by atoms with Gasteiger partial charge in [0.05, 0.1) is 18.8 Å². The predicted octanol–water partition coefficient (Wildman–Crippen LogP) is 2.96. The molecule has 116 valence electrons. The van der Waals surface area contributed by atoms with Crippen molar-refractivity contribution in [1.29, 1.82) is 0 Å². The lowest BCUT2D eigenvalue weighted by Gasteiger charge is -2.31. The summed E-state index contributed by atoms with van der Waals surface area (Å²) in [4.78, 5) is 6.82. The number of halogens is 2. The summed E-state index contributed by atoms with van der Waals surface area (Å²) in [5, 5.41) is 0. The molecule has 4 nitrogen and oxygen atoms in total. The minimum atomic E-state index is 0. The molecule has 1 aliphatic heterocycles. The average molecular weight is 466 g/mol. The summed E-state index contributed by atoms with van der Waals surface area (Å²) in [6.45, 7) is 4.48. The molecule has 1 aromatic rings. The molecule has 3 atom stereocenters. The number of hydrogen-bond acceptors (Lipinski definition) is 2. The molecule has 1 unspecified atom stereocenters. The van der Waals surface area contributed by atoms with E-state index in [1.165, 1.54) is 10.0 Å². The highest BCUT2D eigenvalue weighted by Gasteiger charge is 2.40. The molecule has 0 spiro atoms. The summed E-state index contributed by atoms with van der Waals surface area (Å²) >= 11 is 3.61. The minimum absolute atomic E-state index is 0. The van der Waals surface area contributed by atoms with Crippen LogP contribution in [0.5, 0.6) is 0 Å². The van der Waals surface area contributed by atoms with E-state index < -0.39 is 0 Å². The van der Waals surface area contributed by atoms with Crippen molar-refractivity contribution in [2.24, 2.45) is 10.7 Å². The van der Waals surface area contributed by atoms with E-state index >= 15 is 0 Å². The molecule has 2 fully saturated rings. The summed E-state index contributed by atoms with van der Waals surface area (Å²) in [6.07, 6.45) is 1.32. The van der Waals surface area contributed by atoms with Crippen LogP contribution >= 0.6 is 39.9 Å². The topological polar surface area (TPSA) is 50.8 Å². The molecule has 0 aromatic heterocycles. The summed E-state index contributed by atoms with van der Waals surface area (Å²) in [5.74, 6) is 1.17. The molecular weight excluding hydrogens is 445 g/mol. The molecule has 1 saturated carbocycles. The molecule has 1 aromatic carbocycles. The van der Waals surface area contributed by atoms with Gasteiger partial charge in [0.25, 0.3) is 0 Å². The lowest BCUT2D eigenvalue weighted by atomic mass is 10.1. The number of benzene rings is 1. The Morgan fingerprint density at radius 3 is 2.90 bits per heavy atom. The van der Waals surface area contributed by atoms with E-state index in [1.807, 2.05) is 6.07 Å². The Bertz CT molecular complexity index is 525. The van der Waals surface area contributed by atoms with Crippen LogP contribution in [0.25, 0.3) is 0 Å². The molecule has 2 N–H and O–H groups in total. The van der Waals surface area contributed by atoms with E-state index in [0.29, 0.717) is 17.9 Å². The highest BCUT2D eigenvalue weighted by Crippen LogP contribution is 2.46. The molecule has 1 aliphatic carbocycles. The third-order valence-corrected chi connectivity index (χ3v) is 4.65. The van der Waals surface area contributed by atoms with Crippen LogP contribution in [0.2, 0.25) is 0 Å². The Kier molecular flexibility index (Phi) is 5.90. The number of hydrogen-bond donors (Lipinski definition) is 1. The normalized spacial score (nSPS) is 29.0. The van der Waals surface area contributed by atoms with Gasteiger partial charge in [0.15, 0.2) is 5.96 Å². The van der Waals surface area contributed by atoms with Crippen LogP contribution in [0.1, 0.15) is 24.8 Å². The number of nitrogens with two attached hydrogens (primary N) is 1. The maximum Gasteiger partial charge on any atom is 0.191 e. The van der Waals surface area contributed by atoms with Gasteiger partial charge in [-0.05, 0) is 25.0 Å². The number of guanidine groups is 1. The molecule has 0 bridgehead atoms. The van der Waals surface area contributed by atoms with E-state index in [2.05, 4.69) is 50.9 Å². The zero-order valence-electron chi connectivity index (χ0n) is 12.0. The van der Waals surface area contributed by atoms with Crippen molar-refractivity contribution in [2.45, 2.75) is 31.4 Å². The molecule has 2 aliphatic rings. The molecule has 1 saturated heterocycles. The first-order valence-electron chi connectivity index (χ1n) is 7.09. The van der Waals surface area contributed by atoms with E-state index in [-0.39, 0.29) is 30.1 Å². The summed E-state index contributed by atoms with van der Waals surface area (Å²) in [6, 6.07) is 8.69. The second-order valence-electron chi connectivity index (χ2n) is 5.55. The smallest absolute Gasteiger partial charge is 0.191 e. The Labute approximate surface area is 151 Å². The van der Waals surface area contributed by atoms with Crippen LogP contribution in [0, 0.1) is 0 Å². The van der Waals surface area contributed by atoms with Gasteiger partial charge in [-0.25, -0.2) is 4.99 Å². The SMILES string of the molecule is CC1CN(C(N)=N[C@@H]2C[C@H]2c2ccccc2Br)CCO1.I. The van der Waals surface area contributed by atoms with Gasteiger partial charge in [-0.15, -0.1) is 24.0 Å². The molecule has 1 heterocycles. The van der Waals surface area contributed by atoms with Crippen molar-refractivity contribution in [2.75, 3.05) is 19.7 Å². The van der Waals surface area contributed by atoms with Gasteiger partial charge < -0.3 is 15.4 Å². The fourth-order valence-corrected chi connectivity index (χ4v) is 3.29. The third-order valence-electron chi connectivity index (χ3n) is 3.92. The first-order valence-corrected chi connectivity index (χ1v) is 7.88. The summed E-state index contributed by atoms with van der Waals surface area (Å²) in [5.41, 5.74) is 7.48. The number of rotatable bonds is 2. The second-order valence-corrected chi connectivity index (χ2v) is 6.40. The van der Waals surface area contributed by atoms with E-state index in [1.54, 1.807) is 0 Å². The molecule has 0 amide bonds.